The molecule has 82 valence electrons. The summed E-state index contributed by atoms with van der Waals surface area (Å²) in [6.07, 6.45) is 0. The molecule has 0 bridgehead atoms. The summed E-state index contributed by atoms with van der Waals surface area (Å²) in [5.41, 5.74) is 2.56. The molecule has 0 aromatic heterocycles. The zero-order valence-electron chi connectivity index (χ0n) is 8.38. The van der Waals surface area contributed by atoms with Crippen LogP contribution in [0.15, 0.2) is 22.7 Å². The SMILES string of the molecule is BrCc1ccc(N2CCOCC2)cc1Br. The number of ether oxygens (including phenoxy) is 1. The molecular formula is C11H13Br2NO. The lowest BCUT2D eigenvalue weighted by molar-refractivity contribution is 0.122. The summed E-state index contributed by atoms with van der Waals surface area (Å²) in [5.74, 6) is 0. The molecule has 1 aromatic carbocycles. The predicted octanol–water partition coefficient (Wildman–Crippen LogP) is 3.18. The van der Waals surface area contributed by atoms with Crippen LogP contribution in [0.3, 0.4) is 0 Å². The van der Waals surface area contributed by atoms with Crippen molar-refractivity contribution in [3.05, 3.63) is 28.2 Å². The monoisotopic (exact) mass is 333 g/mol. The Labute approximate surface area is 107 Å². The van der Waals surface area contributed by atoms with Crippen LogP contribution in [0.5, 0.6) is 0 Å². The van der Waals surface area contributed by atoms with Crippen LogP contribution < -0.4 is 4.90 Å². The van der Waals surface area contributed by atoms with E-state index in [1.54, 1.807) is 0 Å². The number of morpholine rings is 1. The summed E-state index contributed by atoms with van der Waals surface area (Å²) < 4.78 is 6.51. The van der Waals surface area contributed by atoms with Crippen LogP contribution in [-0.2, 0) is 10.1 Å². The van der Waals surface area contributed by atoms with Crippen LogP contribution in [0, 0.1) is 0 Å². The molecule has 0 atom stereocenters. The quantitative estimate of drug-likeness (QED) is 0.770. The second-order valence-corrected chi connectivity index (χ2v) is 4.92. The maximum atomic E-state index is 5.34. The molecule has 0 unspecified atom stereocenters. The van der Waals surface area contributed by atoms with Gasteiger partial charge in [-0.1, -0.05) is 37.9 Å². The Morgan fingerprint density at radius 1 is 1.27 bits per heavy atom. The minimum Gasteiger partial charge on any atom is -0.378 e. The second kappa shape index (κ2) is 5.32. The van der Waals surface area contributed by atoms with Crippen molar-refractivity contribution in [1.82, 2.24) is 0 Å². The molecule has 1 heterocycles. The summed E-state index contributed by atoms with van der Waals surface area (Å²) >= 11 is 7.05. The van der Waals surface area contributed by atoms with Crippen LogP contribution in [0.4, 0.5) is 5.69 Å². The van der Waals surface area contributed by atoms with E-state index in [4.69, 9.17) is 4.74 Å². The number of rotatable bonds is 2. The second-order valence-electron chi connectivity index (χ2n) is 3.51. The van der Waals surface area contributed by atoms with Crippen molar-refractivity contribution < 1.29 is 4.74 Å². The summed E-state index contributed by atoms with van der Waals surface area (Å²) in [7, 11) is 0. The molecule has 0 N–H and O–H groups in total. The third-order valence-electron chi connectivity index (χ3n) is 2.56. The Balaban J connectivity index is 2.17. The van der Waals surface area contributed by atoms with Crippen molar-refractivity contribution in [3.63, 3.8) is 0 Å². The molecule has 15 heavy (non-hydrogen) atoms. The zero-order chi connectivity index (χ0) is 10.7. The number of nitrogens with zero attached hydrogens (tertiary/aromatic N) is 1. The van der Waals surface area contributed by atoms with Gasteiger partial charge < -0.3 is 9.64 Å². The first-order chi connectivity index (χ1) is 7.31. The van der Waals surface area contributed by atoms with Gasteiger partial charge in [0.05, 0.1) is 13.2 Å². The minimum atomic E-state index is 0.831. The molecule has 0 radical (unpaired) electrons. The molecule has 0 spiro atoms. The smallest absolute Gasteiger partial charge is 0.0642 e. The lowest BCUT2D eigenvalue weighted by Gasteiger charge is -2.29. The predicted molar refractivity (Wildman–Crippen MR) is 69.8 cm³/mol. The number of hydrogen-bond acceptors (Lipinski definition) is 2. The Morgan fingerprint density at radius 3 is 2.60 bits per heavy atom. The van der Waals surface area contributed by atoms with Crippen molar-refractivity contribution in [2.75, 3.05) is 31.2 Å². The molecule has 1 aliphatic heterocycles. The van der Waals surface area contributed by atoms with Crippen LogP contribution in [-0.4, -0.2) is 26.3 Å². The van der Waals surface area contributed by atoms with Crippen molar-refractivity contribution in [1.29, 1.82) is 0 Å². The Hall–Kier alpha value is -0.0600. The van der Waals surface area contributed by atoms with Gasteiger partial charge in [0.15, 0.2) is 0 Å². The molecule has 0 aliphatic carbocycles. The standard InChI is InChI=1S/C11H13Br2NO/c12-8-9-1-2-10(7-11(9)13)14-3-5-15-6-4-14/h1-2,7H,3-6,8H2. The van der Waals surface area contributed by atoms with E-state index >= 15 is 0 Å². The van der Waals surface area contributed by atoms with Crippen molar-refractivity contribution in [2.45, 2.75) is 5.33 Å². The Bertz CT molecular complexity index is 337. The average molecular weight is 335 g/mol. The fourth-order valence-electron chi connectivity index (χ4n) is 1.66. The number of halogens is 2. The van der Waals surface area contributed by atoms with Gasteiger partial charge in [-0.15, -0.1) is 0 Å². The first-order valence-electron chi connectivity index (χ1n) is 4.98. The Kier molecular flexibility index (Phi) is 4.05. The fourth-order valence-corrected chi connectivity index (χ4v) is 3.03. The summed E-state index contributed by atoms with van der Waals surface area (Å²) in [6.45, 7) is 3.63. The zero-order valence-corrected chi connectivity index (χ0v) is 11.6. The van der Waals surface area contributed by atoms with Crippen molar-refractivity contribution in [2.24, 2.45) is 0 Å². The highest BCUT2D eigenvalue weighted by molar-refractivity contribution is 9.10. The first kappa shape index (κ1) is 11.4. The highest BCUT2D eigenvalue weighted by Gasteiger charge is 2.11. The van der Waals surface area contributed by atoms with Crippen LogP contribution >= 0.6 is 31.9 Å². The van der Waals surface area contributed by atoms with E-state index in [1.807, 2.05) is 0 Å². The summed E-state index contributed by atoms with van der Waals surface area (Å²) in [5, 5.41) is 0.886. The normalized spacial score (nSPS) is 16.8. The largest absolute Gasteiger partial charge is 0.378 e. The number of benzene rings is 1. The third kappa shape index (κ3) is 2.74. The number of alkyl halides is 1. The van der Waals surface area contributed by atoms with Gasteiger partial charge in [0.1, 0.15) is 0 Å². The van der Waals surface area contributed by atoms with Gasteiger partial charge in [0.2, 0.25) is 0 Å². The average Bonchev–Trinajstić information content (AvgIpc) is 2.30. The van der Waals surface area contributed by atoms with Gasteiger partial charge in [0.25, 0.3) is 0 Å². The molecule has 4 heteroatoms. The summed E-state index contributed by atoms with van der Waals surface area (Å²) in [6, 6.07) is 6.51. The molecule has 1 aromatic rings. The van der Waals surface area contributed by atoms with Crippen LogP contribution in [0.2, 0.25) is 0 Å². The molecule has 1 aliphatic rings. The van der Waals surface area contributed by atoms with Gasteiger partial charge in [-0.25, -0.2) is 0 Å². The molecule has 1 fully saturated rings. The van der Waals surface area contributed by atoms with Crippen LogP contribution in [0.25, 0.3) is 0 Å². The van der Waals surface area contributed by atoms with Gasteiger partial charge in [-0.2, -0.15) is 0 Å². The lowest BCUT2D eigenvalue weighted by Crippen LogP contribution is -2.36. The third-order valence-corrected chi connectivity index (χ3v) is 3.90. The van der Waals surface area contributed by atoms with E-state index in [2.05, 4.69) is 55.0 Å². The highest BCUT2D eigenvalue weighted by atomic mass is 79.9. The van der Waals surface area contributed by atoms with Gasteiger partial charge in [-0.05, 0) is 17.7 Å². The van der Waals surface area contributed by atoms with Gasteiger partial charge in [-0.3, -0.25) is 0 Å². The topological polar surface area (TPSA) is 12.5 Å². The van der Waals surface area contributed by atoms with E-state index < -0.39 is 0 Å². The summed E-state index contributed by atoms with van der Waals surface area (Å²) in [4.78, 5) is 2.35. The van der Waals surface area contributed by atoms with E-state index in [0.29, 0.717) is 0 Å². The van der Waals surface area contributed by atoms with E-state index in [0.717, 1.165) is 31.6 Å². The first-order valence-corrected chi connectivity index (χ1v) is 6.90. The van der Waals surface area contributed by atoms with E-state index in [9.17, 15) is 0 Å². The molecule has 0 saturated carbocycles. The van der Waals surface area contributed by atoms with Crippen molar-refractivity contribution >= 4 is 37.5 Å². The number of hydrogen-bond donors (Lipinski definition) is 0. The highest BCUT2D eigenvalue weighted by Crippen LogP contribution is 2.26. The molecule has 1 saturated heterocycles. The van der Waals surface area contributed by atoms with E-state index in [-0.39, 0.29) is 0 Å². The number of anilines is 1. The van der Waals surface area contributed by atoms with Gasteiger partial charge in [0, 0.05) is 28.6 Å². The minimum absolute atomic E-state index is 0.831. The molecule has 0 amide bonds. The van der Waals surface area contributed by atoms with Gasteiger partial charge >= 0.3 is 0 Å². The molecule has 2 nitrogen and oxygen atoms in total. The Morgan fingerprint density at radius 2 is 2.00 bits per heavy atom. The maximum absolute atomic E-state index is 5.34. The maximum Gasteiger partial charge on any atom is 0.0642 e. The van der Waals surface area contributed by atoms with E-state index in [1.165, 1.54) is 15.7 Å². The molecule has 2 rings (SSSR count). The fraction of sp³-hybridized carbons (Fsp3) is 0.455. The van der Waals surface area contributed by atoms with Crippen LogP contribution in [0.1, 0.15) is 5.56 Å². The lowest BCUT2D eigenvalue weighted by atomic mass is 10.2. The van der Waals surface area contributed by atoms with Crippen molar-refractivity contribution in [3.8, 4) is 0 Å². The molecular weight excluding hydrogens is 322 g/mol.